The summed E-state index contributed by atoms with van der Waals surface area (Å²) in [5.41, 5.74) is -0.476. The van der Waals surface area contributed by atoms with Gasteiger partial charge in [-0.2, -0.15) is 0 Å². The van der Waals surface area contributed by atoms with E-state index in [1.807, 2.05) is 20.8 Å². The first kappa shape index (κ1) is 14.9. The summed E-state index contributed by atoms with van der Waals surface area (Å²) >= 11 is 5.72. The van der Waals surface area contributed by atoms with Crippen molar-refractivity contribution in [2.75, 3.05) is 13.1 Å². The molecule has 1 aromatic rings. The van der Waals surface area contributed by atoms with Gasteiger partial charge < -0.3 is 14.4 Å². The van der Waals surface area contributed by atoms with Gasteiger partial charge in [-0.05, 0) is 32.9 Å². The summed E-state index contributed by atoms with van der Waals surface area (Å²) < 4.78 is 11.1. The molecular formula is C14H19ClN2O3. The first-order valence-electron chi connectivity index (χ1n) is 6.59. The number of amides is 1. The highest BCUT2D eigenvalue weighted by Gasteiger charge is 2.30. The molecule has 110 valence electrons. The van der Waals surface area contributed by atoms with Gasteiger partial charge in [-0.3, -0.25) is 0 Å². The summed E-state index contributed by atoms with van der Waals surface area (Å²) in [5.74, 6) is 0.658. The van der Waals surface area contributed by atoms with Crippen molar-refractivity contribution in [3.8, 4) is 5.75 Å². The summed E-state index contributed by atoms with van der Waals surface area (Å²) in [4.78, 5) is 17.5. The van der Waals surface area contributed by atoms with E-state index in [0.717, 1.165) is 6.42 Å². The molecule has 2 rings (SSSR count). The van der Waals surface area contributed by atoms with Crippen molar-refractivity contribution in [3.05, 3.63) is 23.5 Å². The quantitative estimate of drug-likeness (QED) is 0.787. The van der Waals surface area contributed by atoms with E-state index < -0.39 is 5.60 Å². The largest absolute Gasteiger partial charge is 0.487 e. The molecular weight excluding hydrogens is 280 g/mol. The fourth-order valence-electron chi connectivity index (χ4n) is 1.94. The average Bonchev–Trinajstić information content (AvgIpc) is 2.79. The van der Waals surface area contributed by atoms with E-state index >= 15 is 0 Å². The summed E-state index contributed by atoms with van der Waals surface area (Å²) in [6.07, 6.45) is 2.03. The first-order valence-corrected chi connectivity index (χ1v) is 6.97. The third kappa shape index (κ3) is 4.27. The molecule has 0 saturated carbocycles. The van der Waals surface area contributed by atoms with Gasteiger partial charge in [0, 0.05) is 13.0 Å². The monoisotopic (exact) mass is 298 g/mol. The van der Waals surface area contributed by atoms with Crippen LogP contribution in [0.3, 0.4) is 0 Å². The van der Waals surface area contributed by atoms with Crippen LogP contribution in [0.25, 0.3) is 0 Å². The lowest BCUT2D eigenvalue weighted by atomic mass is 10.2. The number of carbonyl (C=O) groups is 1. The van der Waals surface area contributed by atoms with Crippen molar-refractivity contribution in [1.29, 1.82) is 0 Å². The van der Waals surface area contributed by atoms with Gasteiger partial charge in [0.2, 0.25) is 0 Å². The van der Waals surface area contributed by atoms with Crippen molar-refractivity contribution in [3.63, 3.8) is 0 Å². The Labute approximate surface area is 123 Å². The predicted molar refractivity (Wildman–Crippen MR) is 76.1 cm³/mol. The normalized spacial score (nSPS) is 19.0. The van der Waals surface area contributed by atoms with Crippen molar-refractivity contribution in [2.24, 2.45) is 0 Å². The molecule has 1 aliphatic rings. The molecule has 0 aliphatic carbocycles. The van der Waals surface area contributed by atoms with E-state index in [0.29, 0.717) is 24.0 Å². The lowest BCUT2D eigenvalue weighted by Gasteiger charge is -2.24. The van der Waals surface area contributed by atoms with E-state index in [9.17, 15) is 4.79 Å². The Hall–Kier alpha value is -1.49. The molecule has 0 unspecified atom stereocenters. The zero-order valence-electron chi connectivity index (χ0n) is 11.9. The molecule has 0 radical (unpaired) electrons. The van der Waals surface area contributed by atoms with Crippen LogP contribution in [-0.2, 0) is 4.74 Å². The number of hydrogen-bond donors (Lipinski definition) is 0. The third-order valence-corrected chi connectivity index (χ3v) is 3.02. The average molecular weight is 299 g/mol. The van der Waals surface area contributed by atoms with Gasteiger partial charge >= 0.3 is 6.09 Å². The Morgan fingerprint density at radius 2 is 2.20 bits per heavy atom. The SMILES string of the molecule is CC(C)(C)OC(=O)N1CC[C@@H](Oc2ccc(Cl)nc2)C1. The fraction of sp³-hybridized carbons (Fsp3) is 0.571. The van der Waals surface area contributed by atoms with Crippen LogP contribution in [0.2, 0.25) is 5.15 Å². The first-order chi connectivity index (χ1) is 9.33. The molecule has 1 atom stereocenters. The highest BCUT2D eigenvalue weighted by molar-refractivity contribution is 6.29. The molecule has 1 amide bonds. The predicted octanol–water partition coefficient (Wildman–Crippen LogP) is 3.12. The number of hydrogen-bond acceptors (Lipinski definition) is 4. The Morgan fingerprint density at radius 3 is 2.80 bits per heavy atom. The number of pyridine rings is 1. The minimum absolute atomic E-state index is 0.0366. The van der Waals surface area contributed by atoms with Crippen LogP contribution in [-0.4, -0.2) is 40.8 Å². The van der Waals surface area contributed by atoms with Crippen molar-refractivity contribution in [1.82, 2.24) is 9.88 Å². The second-order valence-corrected chi connectivity index (χ2v) is 6.16. The van der Waals surface area contributed by atoms with Crippen LogP contribution in [0, 0.1) is 0 Å². The van der Waals surface area contributed by atoms with Crippen LogP contribution in [0.4, 0.5) is 4.79 Å². The lowest BCUT2D eigenvalue weighted by Crippen LogP contribution is -2.36. The van der Waals surface area contributed by atoms with Crippen molar-refractivity contribution in [2.45, 2.75) is 38.9 Å². The number of rotatable bonds is 2. The van der Waals surface area contributed by atoms with Gasteiger partial charge in [-0.25, -0.2) is 9.78 Å². The standard InChI is InChI=1S/C14H19ClN2O3/c1-14(2,3)20-13(18)17-7-6-11(9-17)19-10-4-5-12(15)16-8-10/h4-5,8,11H,6-7,9H2,1-3H3/t11-/m1/s1. The van der Waals surface area contributed by atoms with Crippen LogP contribution < -0.4 is 4.74 Å². The molecule has 6 heteroatoms. The summed E-state index contributed by atoms with van der Waals surface area (Å²) in [6, 6.07) is 3.45. The molecule has 1 aliphatic heterocycles. The molecule has 2 heterocycles. The highest BCUT2D eigenvalue weighted by atomic mass is 35.5. The van der Waals surface area contributed by atoms with Crippen molar-refractivity contribution < 1.29 is 14.3 Å². The second kappa shape index (κ2) is 5.87. The van der Waals surface area contributed by atoms with E-state index in [-0.39, 0.29) is 12.2 Å². The smallest absolute Gasteiger partial charge is 0.410 e. The van der Waals surface area contributed by atoms with E-state index in [4.69, 9.17) is 21.1 Å². The van der Waals surface area contributed by atoms with Crippen LogP contribution in [0.5, 0.6) is 5.75 Å². The zero-order chi connectivity index (χ0) is 14.8. The van der Waals surface area contributed by atoms with Gasteiger partial charge in [0.15, 0.2) is 0 Å². The van der Waals surface area contributed by atoms with Crippen LogP contribution in [0.1, 0.15) is 27.2 Å². The fourth-order valence-corrected chi connectivity index (χ4v) is 2.05. The molecule has 1 saturated heterocycles. The number of ether oxygens (including phenoxy) is 2. The van der Waals surface area contributed by atoms with E-state index in [1.54, 1.807) is 23.2 Å². The van der Waals surface area contributed by atoms with E-state index in [2.05, 4.69) is 4.98 Å². The zero-order valence-corrected chi connectivity index (χ0v) is 12.7. The second-order valence-electron chi connectivity index (χ2n) is 5.77. The number of aromatic nitrogens is 1. The minimum atomic E-state index is -0.476. The summed E-state index contributed by atoms with van der Waals surface area (Å²) in [6.45, 7) is 6.73. The summed E-state index contributed by atoms with van der Waals surface area (Å²) in [5, 5.41) is 0.430. The number of nitrogens with zero attached hydrogens (tertiary/aromatic N) is 2. The maximum absolute atomic E-state index is 11.9. The van der Waals surface area contributed by atoms with Crippen molar-refractivity contribution >= 4 is 17.7 Å². The van der Waals surface area contributed by atoms with E-state index in [1.165, 1.54) is 0 Å². The number of likely N-dealkylation sites (tertiary alicyclic amines) is 1. The maximum Gasteiger partial charge on any atom is 0.410 e. The molecule has 5 nitrogen and oxygen atoms in total. The molecule has 0 bridgehead atoms. The Balaban J connectivity index is 1.86. The number of carbonyl (C=O) groups excluding carboxylic acids is 1. The van der Waals surface area contributed by atoms with Crippen LogP contribution >= 0.6 is 11.6 Å². The molecule has 0 spiro atoms. The third-order valence-electron chi connectivity index (χ3n) is 2.80. The lowest BCUT2D eigenvalue weighted by molar-refractivity contribution is 0.0275. The molecule has 0 N–H and O–H groups in total. The summed E-state index contributed by atoms with van der Waals surface area (Å²) in [7, 11) is 0. The molecule has 1 aromatic heterocycles. The van der Waals surface area contributed by atoms with Gasteiger partial charge in [0.25, 0.3) is 0 Å². The minimum Gasteiger partial charge on any atom is -0.487 e. The van der Waals surface area contributed by atoms with Gasteiger partial charge in [0.1, 0.15) is 22.6 Å². The molecule has 20 heavy (non-hydrogen) atoms. The van der Waals surface area contributed by atoms with Gasteiger partial charge in [-0.1, -0.05) is 11.6 Å². The Bertz CT molecular complexity index is 470. The highest BCUT2D eigenvalue weighted by Crippen LogP contribution is 2.20. The number of halogens is 1. The van der Waals surface area contributed by atoms with Gasteiger partial charge in [-0.15, -0.1) is 0 Å². The molecule has 0 aromatic carbocycles. The van der Waals surface area contributed by atoms with Gasteiger partial charge in [0.05, 0.1) is 12.7 Å². The Kier molecular flexibility index (Phi) is 4.38. The Morgan fingerprint density at radius 1 is 1.45 bits per heavy atom. The van der Waals surface area contributed by atoms with Crippen LogP contribution in [0.15, 0.2) is 18.3 Å². The maximum atomic E-state index is 11.9. The molecule has 1 fully saturated rings. The topological polar surface area (TPSA) is 51.7 Å².